The Labute approximate surface area is 133 Å². The maximum Gasteiger partial charge on any atom is 0.0871 e. The van der Waals surface area contributed by atoms with Crippen molar-refractivity contribution in [3.05, 3.63) is 77.1 Å². The minimum absolute atomic E-state index is 0.744. The molecule has 0 aliphatic rings. The van der Waals surface area contributed by atoms with Gasteiger partial charge in [-0.1, -0.05) is 48.0 Å². The molecule has 106 valence electrons. The second-order valence-electron chi connectivity index (χ2n) is 5.17. The number of rotatable bonds is 2. The molecule has 0 amide bonds. The van der Waals surface area contributed by atoms with E-state index >= 15 is 0 Å². The van der Waals surface area contributed by atoms with Gasteiger partial charge < -0.3 is 4.98 Å². The lowest BCUT2D eigenvalue weighted by atomic mass is 10.1. The highest BCUT2D eigenvalue weighted by molar-refractivity contribution is 6.30. The van der Waals surface area contributed by atoms with E-state index in [-0.39, 0.29) is 0 Å². The first-order valence-electron chi connectivity index (χ1n) is 7.10. The molecule has 0 spiro atoms. The summed E-state index contributed by atoms with van der Waals surface area (Å²) in [5.74, 6) is 0. The van der Waals surface area contributed by atoms with Crippen molar-refractivity contribution in [3.8, 4) is 0 Å². The molecule has 0 unspecified atom stereocenters. The van der Waals surface area contributed by atoms with Gasteiger partial charge in [-0.2, -0.15) is 0 Å². The number of para-hydroxylation sites is 1. The molecule has 0 radical (unpaired) electrons. The van der Waals surface area contributed by atoms with Crippen LogP contribution in [0.4, 0.5) is 0 Å². The summed E-state index contributed by atoms with van der Waals surface area (Å²) in [5.41, 5.74) is 4.23. The van der Waals surface area contributed by atoms with Crippen molar-refractivity contribution in [2.45, 2.75) is 0 Å². The molecule has 2 aromatic heterocycles. The predicted molar refractivity (Wildman–Crippen MR) is 94.0 cm³/mol. The molecular weight excluding hydrogens is 292 g/mol. The standard InChI is InChI=1S/C19H13ClN2/c20-14-8-5-13(6-9-14)7-10-18-19-16(11-12-21-18)15-3-1-2-4-17(15)22-19/h1-12,22H/b10-7+. The van der Waals surface area contributed by atoms with E-state index in [1.54, 1.807) is 0 Å². The van der Waals surface area contributed by atoms with Gasteiger partial charge in [0.05, 0.1) is 11.2 Å². The zero-order valence-corrected chi connectivity index (χ0v) is 12.5. The number of benzene rings is 2. The van der Waals surface area contributed by atoms with Gasteiger partial charge in [0.25, 0.3) is 0 Å². The number of aromatic nitrogens is 2. The molecule has 4 aromatic rings. The third-order valence-electron chi connectivity index (χ3n) is 3.76. The highest BCUT2D eigenvalue weighted by Gasteiger charge is 2.06. The minimum Gasteiger partial charge on any atom is -0.353 e. The van der Waals surface area contributed by atoms with Crippen LogP contribution in [0.15, 0.2) is 60.8 Å². The summed E-state index contributed by atoms with van der Waals surface area (Å²) >= 11 is 5.91. The van der Waals surface area contributed by atoms with Crippen molar-refractivity contribution >= 4 is 45.6 Å². The summed E-state index contributed by atoms with van der Waals surface area (Å²) in [6.07, 6.45) is 5.93. The number of hydrogen-bond acceptors (Lipinski definition) is 1. The molecule has 0 aliphatic carbocycles. The Bertz CT molecular complexity index is 981. The van der Waals surface area contributed by atoms with E-state index in [0.717, 1.165) is 27.3 Å². The number of fused-ring (bicyclic) bond motifs is 3. The van der Waals surface area contributed by atoms with Crippen molar-refractivity contribution < 1.29 is 0 Å². The lowest BCUT2D eigenvalue weighted by Gasteiger charge is -1.97. The molecule has 0 atom stereocenters. The Kier molecular flexibility index (Phi) is 3.17. The first kappa shape index (κ1) is 13.1. The number of pyridine rings is 1. The quantitative estimate of drug-likeness (QED) is 0.517. The van der Waals surface area contributed by atoms with E-state index in [1.165, 1.54) is 10.8 Å². The number of nitrogens with one attached hydrogen (secondary N) is 1. The van der Waals surface area contributed by atoms with Crippen molar-refractivity contribution in [1.82, 2.24) is 9.97 Å². The topological polar surface area (TPSA) is 28.7 Å². The summed E-state index contributed by atoms with van der Waals surface area (Å²) in [4.78, 5) is 7.95. The van der Waals surface area contributed by atoms with Crippen molar-refractivity contribution in [2.24, 2.45) is 0 Å². The number of halogens is 1. The van der Waals surface area contributed by atoms with Crippen LogP contribution in [0.2, 0.25) is 5.02 Å². The van der Waals surface area contributed by atoms with Crippen molar-refractivity contribution in [3.63, 3.8) is 0 Å². The summed E-state index contributed by atoms with van der Waals surface area (Å²) in [6.45, 7) is 0. The fourth-order valence-electron chi connectivity index (χ4n) is 2.67. The second-order valence-corrected chi connectivity index (χ2v) is 5.61. The molecule has 0 saturated heterocycles. The van der Waals surface area contributed by atoms with Crippen molar-refractivity contribution in [1.29, 1.82) is 0 Å². The fraction of sp³-hybridized carbons (Fsp3) is 0. The van der Waals surface area contributed by atoms with Crippen LogP contribution >= 0.6 is 11.6 Å². The van der Waals surface area contributed by atoms with Gasteiger partial charge in [0.15, 0.2) is 0 Å². The number of hydrogen-bond donors (Lipinski definition) is 1. The molecule has 2 aromatic carbocycles. The maximum atomic E-state index is 5.91. The molecular formula is C19H13ClN2. The molecule has 0 saturated carbocycles. The lowest BCUT2D eigenvalue weighted by molar-refractivity contribution is 1.32. The molecule has 2 heterocycles. The molecule has 22 heavy (non-hydrogen) atoms. The van der Waals surface area contributed by atoms with E-state index in [9.17, 15) is 0 Å². The van der Waals surface area contributed by atoms with Crippen LogP contribution < -0.4 is 0 Å². The smallest absolute Gasteiger partial charge is 0.0871 e. The third-order valence-corrected chi connectivity index (χ3v) is 4.01. The normalized spacial score (nSPS) is 11.7. The van der Waals surface area contributed by atoms with Gasteiger partial charge in [-0.15, -0.1) is 0 Å². The maximum absolute atomic E-state index is 5.91. The van der Waals surface area contributed by atoms with Gasteiger partial charge >= 0.3 is 0 Å². The van der Waals surface area contributed by atoms with E-state index < -0.39 is 0 Å². The van der Waals surface area contributed by atoms with Crippen LogP contribution in [0.5, 0.6) is 0 Å². The molecule has 2 nitrogen and oxygen atoms in total. The Morgan fingerprint density at radius 3 is 2.55 bits per heavy atom. The Morgan fingerprint density at radius 1 is 0.864 bits per heavy atom. The average molecular weight is 305 g/mol. The monoisotopic (exact) mass is 304 g/mol. The van der Waals surface area contributed by atoms with Gasteiger partial charge in [-0.05, 0) is 35.9 Å². The molecule has 3 heteroatoms. The van der Waals surface area contributed by atoms with E-state index in [1.807, 2.05) is 54.7 Å². The lowest BCUT2D eigenvalue weighted by Crippen LogP contribution is -1.82. The zero-order valence-electron chi connectivity index (χ0n) is 11.8. The first-order chi connectivity index (χ1) is 10.8. The summed E-state index contributed by atoms with van der Waals surface area (Å²) in [5, 5.41) is 3.16. The second kappa shape index (κ2) is 5.32. The van der Waals surface area contributed by atoms with E-state index in [4.69, 9.17) is 11.6 Å². The molecule has 4 rings (SSSR count). The van der Waals surface area contributed by atoms with Crippen LogP contribution in [0.3, 0.4) is 0 Å². The van der Waals surface area contributed by atoms with Crippen LogP contribution in [0.1, 0.15) is 11.3 Å². The Hall–Kier alpha value is -2.58. The fourth-order valence-corrected chi connectivity index (χ4v) is 2.80. The highest BCUT2D eigenvalue weighted by atomic mass is 35.5. The average Bonchev–Trinajstić information content (AvgIpc) is 2.94. The van der Waals surface area contributed by atoms with E-state index in [0.29, 0.717) is 0 Å². The van der Waals surface area contributed by atoms with Gasteiger partial charge in [-0.3, -0.25) is 4.98 Å². The molecule has 0 bridgehead atoms. The number of nitrogens with zero attached hydrogens (tertiary/aromatic N) is 1. The minimum atomic E-state index is 0.744. The Balaban J connectivity index is 1.83. The third kappa shape index (κ3) is 2.28. The predicted octanol–water partition coefficient (Wildman–Crippen LogP) is 5.54. The molecule has 1 N–H and O–H groups in total. The van der Waals surface area contributed by atoms with Crippen molar-refractivity contribution in [2.75, 3.05) is 0 Å². The highest BCUT2D eigenvalue weighted by Crippen LogP contribution is 2.27. The SMILES string of the molecule is Clc1ccc(/C=C/c2nccc3c2[nH]c2ccccc23)cc1. The summed E-state index contributed by atoms with van der Waals surface area (Å²) < 4.78 is 0. The van der Waals surface area contributed by atoms with Crippen LogP contribution in [-0.2, 0) is 0 Å². The zero-order chi connectivity index (χ0) is 14.9. The van der Waals surface area contributed by atoms with E-state index in [2.05, 4.69) is 28.2 Å². The first-order valence-corrected chi connectivity index (χ1v) is 7.48. The number of aromatic amines is 1. The van der Waals surface area contributed by atoms with Gasteiger partial charge in [0, 0.05) is 27.5 Å². The summed E-state index contributed by atoms with van der Waals surface area (Å²) in [6, 6.07) is 18.1. The Morgan fingerprint density at radius 2 is 1.68 bits per heavy atom. The molecule has 0 aliphatic heterocycles. The van der Waals surface area contributed by atoms with Gasteiger partial charge in [0.2, 0.25) is 0 Å². The van der Waals surface area contributed by atoms with Crippen LogP contribution in [0.25, 0.3) is 34.0 Å². The van der Waals surface area contributed by atoms with Crippen LogP contribution in [-0.4, -0.2) is 9.97 Å². The number of H-pyrrole nitrogens is 1. The molecule has 0 fully saturated rings. The largest absolute Gasteiger partial charge is 0.353 e. The van der Waals surface area contributed by atoms with Gasteiger partial charge in [-0.25, -0.2) is 0 Å². The summed E-state index contributed by atoms with van der Waals surface area (Å²) in [7, 11) is 0. The van der Waals surface area contributed by atoms with Gasteiger partial charge in [0.1, 0.15) is 0 Å². The van der Waals surface area contributed by atoms with Crippen LogP contribution in [0, 0.1) is 0 Å².